The third-order valence-corrected chi connectivity index (χ3v) is 3.35. The number of rotatable bonds is 4. The highest BCUT2D eigenvalue weighted by Gasteiger charge is 2.07. The normalized spacial score (nSPS) is 10.7. The molecule has 0 atom stereocenters. The van der Waals surface area contributed by atoms with Crippen LogP contribution in [0.1, 0.15) is 5.56 Å². The van der Waals surface area contributed by atoms with Gasteiger partial charge < -0.3 is 0 Å². The van der Waals surface area contributed by atoms with Crippen molar-refractivity contribution in [1.29, 1.82) is 5.26 Å². The van der Waals surface area contributed by atoms with E-state index in [2.05, 4.69) is 4.72 Å². The molecule has 6 heteroatoms. The fourth-order valence-electron chi connectivity index (χ4n) is 0.989. The van der Waals surface area contributed by atoms with Crippen molar-refractivity contribution in [2.45, 2.75) is 6.42 Å². The average molecular weight is 245 g/mol. The van der Waals surface area contributed by atoms with E-state index >= 15 is 0 Å². The van der Waals surface area contributed by atoms with E-state index in [0.717, 1.165) is 5.56 Å². The Morgan fingerprint density at radius 3 is 2.40 bits per heavy atom. The van der Waals surface area contributed by atoms with Gasteiger partial charge in [-0.05, 0) is 17.7 Å². The molecule has 1 aromatic rings. The largest absolute Gasteiger partial charge is 0.283 e. The summed E-state index contributed by atoms with van der Waals surface area (Å²) in [7, 11) is -3.45. The molecule has 1 aromatic carbocycles. The molecule has 0 amide bonds. The van der Waals surface area contributed by atoms with E-state index in [0.29, 0.717) is 12.1 Å². The van der Waals surface area contributed by atoms with Gasteiger partial charge in [0.15, 0.2) is 0 Å². The second-order valence-electron chi connectivity index (χ2n) is 2.86. The van der Waals surface area contributed by atoms with Crippen LogP contribution in [0.4, 0.5) is 5.69 Å². The van der Waals surface area contributed by atoms with Crippen molar-refractivity contribution >= 4 is 27.3 Å². The second-order valence-corrected chi connectivity index (χ2v) is 5.16. The van der Waals surface area contributed by atoms with Gasteiger partial charge in [0.25, 0.3) is 0 Å². The minimum absolute atomic E-state index is 0.308. The van der Waals surface area contributed by atoms with E-state index in [1.54, 1.807) is 24.3 Å². The molecule has 0 saturated carbocycles. The molecule has 80 valence electrons. The van der Waals surface area contributed by atoms with Gasteiger partial charge in [-0.1, -0.05) is 12.1 Å². The van der Waals surface area contributed by atoms with Crippen LogP contribution in [0.2, 0.25) is 0 Å². The summed E-state index contributed by atoms with van der Waals surface area (Å²) in [5.74, 6) is 0. The van der Waals surface area contributed by atoms with Crippen LogP contribution in [-0.4, -0.2) is 13.6 Å². The van der Waals surface area contributed by atoms with Crippen LogP contribution >= 0.6 is 11.6 Å². The Kier molecular flexibility index (Phi) is 3.95. The van der Waals surface area contributed by atoms with E-state index in [9.17, 15) is 8.42 Å². The van der Waals surface area contributed by atoms with Crippen LogP contribution in [0.15, 0.2) is 24.3 Å². The molecule has 0 fully saturated rings. The molecule has 0 aliphatic heterocycles. The number of nitriles is 1. The Morgan fingerprint density at radius 2 is 1.93 bits per heavy atom. The van der Waals surface area contributed by atoms with Gasteiger partial charge in [-0.25, -0.2) is 8.42 Å². The number of halogens is 1. The van der Waals surface area contributed by atoms with Crippen LogP contribution in [0.25, 0.3) is 0 Å². The molecule has 0 aliphatic carbocycles. The van der Waals surface area contributed by atoms with E-state index < -0.39 is 15.2 Å². The Bertz CT molecular complexity index is 462. The summed E-state index contributed by atoms with van der Waals surface area (Å²) in [6.45, 7) is 0. The van der Waals surface area contributed by atoms with Crippen molar-refractivity contribution in [2.75, 3.05) is 9.93 Å². The smallest absolute Gasteiger partial charge is 0.246 e. The number of anilines is 1. The Morgan fingerprint density at radius 1 is 1.33 bits per heavy atom. The molecule has 15 heavy (non-hydrogen) atoms. The average Bonchev–Trinajstić information content (AvgIpc) is 2.21. The van der Waals surface area contributed by atoms with Crippen LogP contribution in [-0.2, 0) is 16.4 Å². The zero-order valence-electron chi connectivity index (χ0n) is 7.77. The topological polar surface area (TPSA) is 70.0 Å². The number of hydrogen-bond acceptors (Lipinski definition) is 3. The van der Waals surface area contributed by atoms with E-state index in [1.807, 2.05) is 6.07 Å². The van der Waals surface area contributed by atoms with Gasteiger partial charge in [0.05, 0.1) is 12.5 Å². The molecule has 1 N–H and O–H groups in total. The first kappa shape index (κ1) is 11.8. The minimum Gasteiger partial charge on any atom is -0.283 e. The molecule has 0 aromatic heterocycles. The van der Waals surface area contributed by atoms with Crippen LogP contribution < -0.4 is 4.72 Å². The van der Waals surface area contributed by atoms with Crippen LogP contribution in [0.3, 0.4) is 0 Å². The second kappa shape index (κ2) is 5.01. The Balaban J connectivity index is 2.78. The molecular formula is C9H9ClN2O2S. The first-order chi connectivity index (χ1) is 7.07. The van der Waals surface area contributed by atoms with Gasteiger partial charge in [0.2, 0.25) is 10.0 Å². The van der Waals surface area contributed by atoms with Crippen LogP contribution in [0, 0.1) is 11.3 Å². The first-order valence-corrected chi connectivity index (χ1v) is 6.28. The summed E-state index contributed by atoms with van der Waals surface area (Å²) in [5, 5.41) is 7.96. The summed E-state index contributed by atoms with van der Waals surface area (Å²) in [5.41, 5.74) is 1.28. The molecule has 1 rings (SSSR count). The van der Waals surface area contributed by atoms with Gasteiger partial charge in [-0.2, -0.15) is 5.26 Å². The van der Waals surface area contributed by atoms with Gasteiger partial charge in [0, 0.05) is 5.69 Å². The summed E-state index contributed by atoms with van der Waals surface area (Å²) in [6, 6.07) is 8.57. The summed E-state index contributed by atoms with van der Waals surface area (Å²) in [6.07, 6.45) is 0.308. The maximum absolute atomic E-state index is 11.1. The summed E-state index contributed by atoms with van der Waals surface area (Å²) >= 11 is 5.23. The molecule has 0 bridgehead atoms. The monoisotopic (exact) mass is 244 g/mol. The molecule has 4 nitrogen and oxygen atoms in total. The number of sulfonamides is 1. The maximum atomic E-state index is 11.1. The standard InChI is InChI=1S/C9H9ClN2O2S/c10-7-15(13,14)12-9-3-1-8(2-4-9)5-6-11/h1-4,12H,5,7H2. The van der Waals surface area contributed by atoms with Crippen molar-refractivity contribution in [1.82, 2.24) is 0 Å². The number of nitrogens with zero attached hydrogens (tertiary/aromatic N) is 1. The number of nitrogens with one attached hydrogen (secondary N) is 1. The van der Waals surface area contributed by atoms with Gasteiger partial charge in [-0.15, -0.1) is 11.6 Å². The molecule has 0 heterocycles. The fraction of sp³-hybridized carbons (Fsp3) is 0.222. The van der Waals surface area contributed by atoms with E-state index in [4.69, 9.17) is 16.9 Å². The highest BCUT2D eigenvalue weighted by atomic mass is 35.5. The lowest BCUT2D eigenvalue weighted by Crippen LogP contribution is -2.13. The van der Waals surface area contributed by atoms with Gasteiger partial charge in [0.1, 0.15) is 5.21 Å². The highest BCUT2D eigenvalue weighted by molar-refractivity contribution is 7.93. The quantitative estimate of drug-likeness (QED) is 0.820. The Labute approximate surface area is 93.5 Å². The molecular weight excluding hydrogens is 236 g/mol. The zero-order valence-corrected chi connectivity index (χ0v) is 9.35. The Hall–Kier alpha value is -1.25. The SMILES string of the molecule is N#CCc1ccc(NS(=O)(=O)CCl)cc1. The lowest BCUT2D eigenvalue weighted by Gasteiger charge is -2.05. The number of benzene rings is 1. The summed E-state index contributed by atoms with van der Waals surface area (Å²) < 4.78 is 24.5. The van der Waals surface area contributed by atoms with Crippen molar-refractivity contribution in [3.63, 3.8) is 0 Å². The first-order valence-electron chi connectivity index (χ1n) is 4.10. The van der Waals surface area contributed by atoms with Gasteiger partial charge >= 0.3 is 0 Å². The molecule has 0 spiro atoms. The molecule has 0 aliphatic rings. The lowest BCUT2D eigenvalue weighted by molar-refractivity contribution is 0.605. The maximum Gasteiger partial charge on any atom is 0.246 e. The van der Waals surface area contributed by atoms with Crippen molar-refractivity contribution < 1.29 is 8.42 Å². The number of hydrogen-bond donors (Lipinski definition) is 1. The zero-order chi connectivity index (χ0) is 11.3. The number of alkyl halides is 1. The fourth-order valence-corrected chi connectivity index (χ4v) is 1.70. The van der Waals surface area contributed by atoms with Crippen molar-refractivity contribution in [3.8, 4) is 6.07 Å². The van der Waals surface area contributed by atoms with Crippen molar-refractivity contribution in [3.05, 3.63) is 29.8 Å². The van der Waals surface area contributed by atoms with Crippen molar-refractivity contribution in [2.24, 2.45) is 0 Å². The predicted octanol–water partition coefficient (Wildman–Crippen LogP) is 1.69. The third-order valence-electron chi connectivity index (χ3n) is 1.65. The van der Waals surface area contributed by atoms with E-state index in [1.165, 1.54) is 0 Å². The van der Waals surface area contributed by atoms with E-state index in [-0.39, 0.29) is 0 Å². The third kappa shape index (κ3) is 3.78. The lowest BCUT2D eigenvalue weighted by atomic mass is 10.1. The summed E-state index contributed by atoms with van der Waals surface area (Å²) in [4.78, 5) is 0. The van der Waals surface area contributed by atoms with Crippen LogP contribution in [0.5, 0.6) is 0 Å². The molecule has 0 saturated heterocycles. The highest BCUT2D eigenvalue weighted by Crippen LogP contribution is 2.12. The minimum atomic E-state index is -3.45. The predicted molar refractivity (Wildman–Crippen MR) is 59.0 cm³/mol. The molecule has 0 radical (unpaired) electrons. The van der Waals surface area contributed by atoms with Gasteiger partial charge in [-0.3, -0.25) is 4.72 Å². The molecule has 0 unspecified atom stereocenters.